The zero-order valence-electron chi connectivity index (χ0n) is 9.85. The van der Waals surface area contributed by atoms with Crippen molar-refractivity contribution < 1.29 is 5.11 Å². The molecule has 0 amide bonds. The van der Waals surface area contributed by atoms with Crippen LogP contribution in [0.1, 0.15) is 31.9 Å². The Morgan fingerprint density at radius 3 is 3.00 bits per heavy atom. The smallest absolute Gasteiger partial charge is 0.134 e. The fourth-order valence-electron chi connectivity index (χ4n) is 2.09. The standard InChI is InChI=1S/C13H18N2O/c1-10-5-4-8-15(9-10)13-12(11(2)16)6-3-7-14-13/h3,5-7,11,16H,4,8-9H2,1-2H3. The average Bonchev–Trinajstić information content (AvgIpc) is 2.29. The predicted molar refractivity (Wildman–Crippen MR) is 65.5 cm³/mol. The van der Waals surface area contributed by atoms with Gasteiger partial charge < -0.3 is 10.0 Å². The van der Waals surface area contributed by atoms with E-state index in [0.29, 0.717) is 0 Å². The summed E-state index contributed by atoms with van der Waals surface area (Å²) < 4.78 is 0. The van der Waals surface area contributed by atoms with E-state index in [1.54, 1.807) is 13.1 Å². The molecule has 1 aromatic rings. The van der Waals surface area contributed by atoms with E-state index < -0.39 is 6.10 Å². The lowest BCUT2D eigenvalue weighted by atomic mass is 10.1. The van der Waals surface area contributed by atoms with E-state index in [1.165, 1.54) is 5.57 Å². The van der Waals surface area contributed by atoms with Gasteiger partial charge in [0.15, 0.2) is 0 Å². The van der Waals surface area contributed by atoms with Crippen LogP contribution in [0, 0.1) is 0 Å². The molecule has 0 saturated heterocycles. The third kappa shape index (κ3) is 2.25. The fourth-order valence-corrected chi connectivity index (χ4v) is 2.09. The fraction of sp³-hybridized carbons (Fsp3) is 0.462. The Kier molecular flexibility index (Phi) is 3.25. The number of aliphatic hydroxyl groups is 1. The molecule has 0 spiro atoms. The molecule has 16 heavy (non-hydrogen) atoms. The van der Waals surface area contributed by atoms with Crippen molar-refractivity contribution in [3.63, 3.8) is 0 Å². The van der Waals surface area contributed by atoms with Gasteiger partial charge in [-0.1, -0.05) is 17.7 Å². The number of hydrogen-bond donors (Lipinski definition) is 1. The summed E-state index contributed by atoms with van der Waals surface area (Å²) in [6.45, 7) is 5.81. The third-order valence-electron chi connectivity index (χ3n) is 2.90. The van der Waals surface area contributed by atoms with Gasteiger partial charge in [0.2, 0.25) is 0 Å². The second-order valence-corrected chi connectivity index (χ2v) is 4.35. The number of nitrogens with zero attached hydrogens (tertiary/aromatic N) is 2. The first-order valence-electron chi connectivity index (χ1n) is 5.72. The Hall–Kier alpha value is -1.35. The molecule has 86 valence electrons. The van der Waals surface area contributed by atoms with Crippen LogP contribution in [0.25, 0.3) is 0 Å². The van der Waals surface area contributed by atoms with Crippen molar-refractivity contribution >= 4 is 5.82 Å². The van der Waals surface area contributed by atoms with Crippen LogP contribution in [0.4, 0.5) is 5.82 Å². The van der Waals surface area contributed by atoms with Crippen LogP contribution >= 0.6 is 0 Å². The molecule has 0 aliphatic carbocycles. The summed E-state index contributed by atoms with van der Waals surface area (Å²) in [5, 5.41) is 9.72. The van der Waals surface area contributed by atoms with Crippen molar-refractivity contribution in [2.45, 2.75) is 26.4 Å². The summed E-state index contributed by atoms with van der Waals surface area (Å²) in [7, 11) is 0. The van der Waals surface area contributed by atoms with Crippen LogP contribution in [0.15, 0.2) is 30.0 Å². The zero-order chi connectivity index (χ0) is 11.5. The lowest BCUT2D eigenvalue weighted by molar-refractivity contribution is 0.199. The summed E-state index contributed by atoms with van der Waals surface area (Å²) in [6, 6.07) is 3.82. The molecule has 0 aromatic carbocycles. The van der Waals surface area contributed by atoms with Gasteiger partial charge in [-0.3, -0.25) is 0 Å². The third-order valence-corrected chi connectivity index (χ3v) is 2.90. The van der Waals surface area contributed by atoms with Crippen LogP contribution in [-0.2, 0) is 0 Å². The first-order chi connectivity index (χ1) is 7.68. The van der Waals surface area contributed by atoms with Crippen LogP contribution in [0.5, 0.6) is 0 Å². The van der Waals surface area contributed by atoms with Crippen LogP contribution in [0.2, 0.25) is 0 Å². The van der Waals surface area contributed by atoms with Gasteiger partial charge in [0.1, 0.15) is 5.82 Å². The molecule has 2 heterocycles. The Labute approximate surface area is 96.4 Å². The monoisotopic (exact) mass is 218 g/mol. The highest BCUT2D eigenvalue weighted by Crippen LogP contribution is 2.25. The van der Waals surface area contributed by atoms with Gasteiger partial charge >= 0.3 is 0 Å². The molecular weight excluding hydrogens is 200 g/mol. The average molecular weight is 218 g/mol. The minimum Gasteiger partial charge on any atom is -0.389 e. The van der Waals surface area contributed by atoms with E-state index in [2.05, 4.69) is 22.9 Å². The maximum atomic E-state index is 9.72. The molecule has 1 aromatic heterocycles. The van der Waals surface area contributed by atoms with Crippen LogP contribution < -0.4 is 4.90 Å². The lowest BCUT2D eigenvalue weighted by Gasteiger charge is -2.29. The maximum absolute atomic E-state index is 9.72. The lowest BCUT2D eigenvalue weighted by Crippen LogP contribution is -2.31. The molecule has 0 saturated carbocycles. The summed E-state index contributed by atoms with van der Waals surface area (Å²) in [5.74, 6) is 0.921. The van der Waals surface area contributed by atoms with Crippen molar-refractivity contribution in [3.8, 4) is 0 Å². The number of pyridine rings is 1. The first-order valence-corrected chi connectivity index (χ1v) is 5.72. The van der Waals surface area contributed by atoms with Crippen molar-refractivity contribution in [3.05, 3.63) is 35.5 Å². The number of aliphatic hydroxyl groups excluding tert-OH is 1. The molecule has 1 unspecified atom stereocenters. The summed E-state index contributed by atoms with van der Waals surface area (Å²) in [5.41, 5.74) is 2.28. The molecule has 1 N–H and O–H groups in total. The van der Waals surface area contributed by atoms with E-state index >= 15 is 0 Å². The Bertz CT molecular complexity index is 399. The normalized spacial score (nSPS) is 18.2. The van der Waals surface area contributed by atoms with Gasteiger partial charge in [-0.05, 0) is 26.3 Å². The Morgan fingerprint density at radius 1 is 1.50 bits per heavy atom. The van der Waals surface area contributed by atoms with Gasteiger partial charge in [0.25, 0.3) is 0 Å². The molecule has 0 radical (unpaired) electrons. The van der Waals surface area contributed by atoms with Gasteiger partial charge in [0, 0.05) is 24.8 Å². The second-order valence-electron chi connectivity index (χ2n) is 4.35. The number of hydrogen-bond acceptors (Lipinski definition) is 3. The van der Waals surface area contributed by atoms with E-state index in [1.807, 2.05) is 12.1 Å². The quantitative estimate of drug-likeness (QED) is 0.774. The van der Waals surface area contributed by atoms with Gasteiger partial charge in [-0.15, -0.1) is 0 Å². The van der Waals surface area contributed by atoms with Crippen molar-refractivity contribution in [2.75, 3.05) is 18.0 Å². The molecule has 0 fully saturated rings. The van der Waals surface area contributed by atoms with Gasteiger partial charge in [0.05, 0.1) is 6.10 Å². The van der Waals surface area contributed by atoms with Crippen molar-refractivity contribution in [1.29, 1.82) is 0 Å². The molecule has 3 heteroatoms. The molecule has 2 rings (SSSR count). The van der Waals surface area contributed by atoms with E-state index in [4.69, 9.17) is 0 Å². The minimum absolute atomic E-state index is 0.463. The molecular formula is C13H18N2O. The Morgan fingerprint density at radius 2 is 2.31 bits per heavy atom. The highest BCUT2D eigenvalue weighted by atomic mass is 16.3. The van der Waals surface area contributed by atoms with Crippen LogP contribution in [-0.4, -0.2) is 23.2 Å². The molecule has 3 nitrogen and oxygen atoms in total. The van der Waals surface area contributed by atoms with E-state index in [9.17, 15) is 5.11 Å². The predicted octanol–water partition coefficient (Wildman–Crippen LogP) is 2.29. The van der Waals surface area contributed by atoms with Gasteiger partial charge in [-0.25, -0.2) is 4.98 Å². The van der Waals surface area contributed by atoms with Crippen LogP contribution in [0.3, 0.4) is 0 Å². The largest absolute Gasteiger partial charge is 0.389 e. The highest BCUT2D eigenvalue weighted by molar-refractivity contribution is 5.49. The van der Waals surface area contributed by atoms with Crippen molar-refractivity contribution in [1.82, 2.24) is 4.98 Å². The number of rotatable bonds is 2. The molecule has 1 aliphatic heterocycles. The Balaban J connectivity index is 2.29. The minimum atomic E-state index is -0.463. The zero-order valence-corrected chi connectivity index (χ0v) is 9.85. The van der Waals surface area contributed by atoms with E-state index in [-0.39, 0.29) is 0 Å². The topological polar surface area (TPSA) is 36.4 Å². The second kappa shape index (κ2) is 4.66. The number of aromatic nitrogens is 1. The molecule has 1 aliphatic rings. The van der Waals surface area contributed by atoms with Gasteiger partial charge in [-0.2, -0.15) is 0 Å². The maximum Gasteiger partial charge on any atom is 0.134 e. The highest BCUT2D eigenvalue weighted by Gasteiger charge is 2.17. The van der Waals surface area contributed by atoms with E-state index in [0.717, 1.165) is 30.9 Å². The SMILES string of the molecule is CC1=CCCN(c2ncccc2C(C)O)C1. The summed E-state index contributed by atoms with van der Waals surface area (Å²) in [4.78, 5) is 6.63. The summed E-state index contributed by atoms with van der Waals surface area (Å²) >= 11 is 0. The molecule has 0 bridgehead atoms. The number of anilines is 1. The first kappa shape index (κ1) is 11.1. The van der Waals surface area contributed by atoms with Crippen molar-refractivity contribution in [2.24, 2.45) is 0 Å². The summed E-state index contributed by atoms with van der Waals surface area (Å²) in [6.07, 6.45) is 4.65. The molecule has 1 atom stereocenters.